The molecule has 1 heterocycles. The lowest BCUT2D eigenvalue weighted by atomic mass is 9.63. The second-order valence-corrected chi connectivity index (χ2v) is 9.90. The average molecular weight is 468 g/mol. The van der Waals surface area contributed by atoms with E-state index in [1.165, 1.54) is 17.0 Å². The maximum Gasteiger partial charge on any atom is 0.238 e. The van der Waals surface area contributed by atoms with Crippen LogP contribution in [0.15, 0.2) is 54.6 Å². The first-order chi connectivity index (χ1) is 15.4. The number of amides is 2. The number of allylic oxidation sites excluding steroid dienone is 2. The predicted molar refractivity (Wildman–Crippen MR) is 120 cm³/mol. The molecule has 2 aromatic carbocycles. The molecule has 0 N–H and O–H groups in total. The Morgan fingerprint density at radius 3 is 2.03 bits per heavy atom. The Bertz CT molecular complexity index is 1130. The molecular weight excluding hydrogens is 449 g/mol. The molecule has 2 saturated carbocycles. The highest BCUT2D eigenvalue weighted by Gasteiger charge is 2.67. The molecule has 1 saturated heterocycles. The molecule has 4 aliphatic carbocycles. The van der Waals surface area contributed by atoms with E-state index in [1.54, 1.807) is 30.3 Å². The van der Waals surface area contributed by atoms with Crippen LogP contribution in [0.1, 0.15) is 16.8 Å². The zero-order valence-corrected chi connectivity index (χ0v) is 18.4. The zero-order chi connectivity index (χ0) is 22.1. The maximum atomic E-state index is 13.2. The van der Waals surface area contributed by atoms with Gasteiger partial charge in [0, 0.05) is 15.6 Å². The minimum atomic E-state index is -0.256. The number of hydrogen-bond donors (Lipinski definition) is 0. The Hall–Kier alpha value is -2.63. The first kappa shape index (κ1) is 20.0. The zero-order valence-electron chi connectivity index (χ0n) is 16.9. The van der Waals surface area contributed by atoms with E-state index in [0.29, 0.717) is 38.9 Å². The number of ether oxygens (including phenoxy) is 1. The molecule has 6 atom stereocenters. The van der Waals surface area contributed by atoms with Crippen molar-refractivity contribution in [3.05, 3.63) is 70.2 Å². The third-order valence-electron chi connectivity index (χ3n) is 7.31. The summed E-state index contributed by atoms with van der Waals surface area (Å²) in [5.74, 6) is 1.13. The van der Waals surface area contributed by atoms with Crippen molar-refractivity contribution in [2.75, 3.05) is 11.5 Å². The van der Waals surface area contributed by atoms with Crippen LogP contribution >= 0.6 is 23.2 Å². The van der Waals surface area contributed by atoms with Gasteiger partial charge in [0.05, 0.1) is 17.5 Å². The van der Waals surface area contributed by atoms with Gasteiger partial charge in [-0.3, -0.25) is 19.3 Å². The monoisotopic (exact) mass is 467 g/mol. The summed E-state index contributed by atoms with van der Waals surface area (Å²) in [5, 5.41) is 0.762. The highest BCUT2D eigenvalue weighted by Crippen LogP contribution is 2.65. The number of anilines is 1. The molecule has 5 nitrogen and oxygen atoms in total. The molecule has 162 valence electrons. The topological polar surface area (TPSA) is 63.7 Å². The van der Waals surface area contributed by atoms with Crippen molar-refractivity contribution in [3.8, 4) is 5.75 Å². The molecule has 7 rings (SSSR count). The highest BCUT2D eigenvalue weighted by molar-refractivity contribution is 6.35. The van der Waals surface area contributed by atoms with Crippen molar-refractivity contribution >= 4 is 46.5 Å². The normalized spacial score (nSPS) is 31.5. The summed E-state index contributed by atoms with van der Waals surface area (Å²) < 4.78 is 5.60. The smallest absolute Gasteiger partial charge is 0.238 e. The summed E-state index contributed by atoms with van der Waals surface area (Å²) in [5.41, 5.74) is 0.916. The number of rotatable bonds is 5. The quantitative estimate of drug-likeness (QED) is 0.359. The van der Waals surface area contributed by atoms with Crippen molar-refractivity contribution in [3.63, 3.8) is 0 Å². The lowest BCUT2D eigenvalue weighted by molar-refractivity contribution is -0.124. The van der Waals surface area contributed by atoms with Gasteiger partial charge in [0.1, 0.15) is 5.75 Å². The van der Waals surface area contributed by atoms with E-state index in [9.17, 15) is 14.4 Å². The number of nitrogens with zero attached hydrogens (tertiary/aromatic N) is 1. The third-order valence-corrected chi connectivity index (χ3v) is 7.75. The van der Waals surface area contributed by atoms with Gasteiger partial charge in [-0.05, 0) is 72.6 Å². The fourth-order valence-electron chi connectivity index (χ4n) is 5.85. The van der Waals surface area contributed by atoms with Crippen LogP contribution in [0.25, 0.3) is 0 Å². The van der Waals surface area contributed by atoms with Gasteiger partial charge >= 0.3 is 0 Å². The maximum absolute atomic E-state index is 13.2. The van der Waals surface area contributed by atoms with Crippen molar-refractivity contribution in [1.29, 1.82) is 0 Å². The predicted octanol–water partition coefficient (Wildman–Crippen LogP) is 4.81. The van der Waals surface area contributed by atoms with Crippen LogP contribution < -0.4 is 9.64 Å². The van der Waals surface area contributed by atoms with Crippen LogP contribution in [0, 0.1) is 35.5 Å². The molecule has 0 unspecified atom stereocenters. The molecule has 0 spiro atoms. The summed E-state index contributed by atoms with van der Waals surface area (Å²) >= 11 is 11.9. The van der Waals surface area contributed by atoms with Gasteiger partial charge in [-0.2, -0.15) is 0 Å². The van der Waals surface area contributed by atoms with E-state index in [2.05, 4.69) is 12.2 Å². The fraction of sp³-hybridized carbons (Fsp3) is 0.320. The Morgan fingerprint density at radius 1 is 0.906 bits per heavy atom. The van der Waals surface area contributed by atoms with E-state index in [1.807, 2.05) is 0 Å². The van der Waals surface area contributed by atoms with Crippen molar-refractivity contribution in [2.45, 2.75) is 6.42 Å². The Kier molecular flexibility index (Phi) is 4.50. The number of benzene rings is 2. The molecule has 5 aliphatic rings. The van der Waals surface area contributed by atoms with Crippen molar-refractivity contribution < 1.29 is 19.1 Å². The van der Waals surface area contributed by atoms with Crippen molar-refractivity contribution in [2.24, 2.45) is 35.5 Å². The minimum Gasteiger partial charge on any atom is -0.485 e. The first-order valence-corrected chi connectivity index (χ1v) is 11.5. The van der Waals surface area contributed by atoms with E-state index < -0.39 is 0 Å². The average Bonchev–Trinajstić information content (AvgIpc) is 3.55. The van der Waals surface area contributed by atoms with Gasteiger partial charge in [-0.25, -0.2) is 0 Å². The summed E-state index contributed by atoms with van der Waals surface area (Å²) in [6.45, 7) is -0.181. The SMILES string of the molecule is O=C(COc1ccc(N2C(=O)[C@@H]3[C@@H]4C=C[C@@H]([C@H]5C[C@@H]45)[C@@H]3C2=O)cc1)c1cc(Cl)cc(Cl)c1. The Balaban J connectivity index is 1.16. The molecule has 2 amide bonds. The van der Waals surface area contributed by atoms with Gasteiger partial charge < -0.3 is 4.74 Å². The number of ketones is 1. The van der Waals surface area contributed by atoms with E-state index >= 15 is 0 Å². The Morgan fingerprint density at radius 2 is 1.47 bits per heavy atom. The van der Waals surface area contributed by atoms with Crippen LogP contribution in [-0.4, -0.2) is 24.2 Å². The molecule has 0 aromatic heterocycles. The van der Waals surface area contributed by atoms with Crippen LogP contribution in [-0.2, 0) is 9.59 Å². The summed E-state index contributed by atoms with van der Waals surface area (Å²) in [6, 6.07) is 11.4. The number of hydrogen-bond acceptors (Lipinski definition) is 4. The number of imide groups is 1. The molecule has 3 fully saturated rings. The van der Waals surface area contributed by atoms with Gasteiger partial charge in [0.2, 0.25) is 11.8 Å². The first-order valence-electron chi connectivity index (χ1n) is 10.7. The second-order valence-electron chi connectivity index (χ2n) is 9.03. The van der Waals surface area contributed by atoms with Gasteiger partial charge in [-0.15, -0.1) is 0 Å². The Labute approximate surface area is 194 Å². The molecule has 7 heteroatoms. The largest absolute Gasteiger partial charge is 0.485 e. The molecule has 1 aliphatic heterocycles. The van der Waals surface area contributed by atoms with Gasteiger partial charge in [0.25, 0.3) is 0 Å². The fourth-order valence-corrected chi connectivity index (χ4v) is 6.38. The summed E-state index contributed by atoms with van der Waals surface area (Å²) in [4.78, 5) is 40.1. The molecule has 2 bridgehead atoms. The standard InChI is InChI=1S/C25H19Cl2NO4/c26-13-7-12(8-14(27)9-13)21(29)11-32-16-3-1-15(2-4-16)28-24(30)22-17-5-6-18(20-10-19(17)20)23(22)25(28)31/h1-9,17-20,22-23H,10-11H2/t17-,18+,19+,20-,22-,23+. The van der Waals surface area contributed by atoms with Crippen LogP contribution in [0.4, 0.5) is 5.69 Å². The number of carbonyl (C=O) groups is 3. The van der Waals surface area contributed by atoms with Gasteiger partial charge in [-0.1, -0.05) is 35.4 Å². The number of Topliss-reactive ketones (excluding diaryl/α,β-unsaturated/α-hetero) is 1. The van der Waals surface area contributed by atoms with Crippen LogP contribution in [0.5, 0.6) is 5.75 Å². The van der Waals surface area contributed by atoms with Crippen LogP contribution in [0.2, 0.25) is 10.0 Å². The van der Waals surface area contributed by atoms with Crippen LogP contribution in [0.3, 0.4) is 0 Å². The lowest BCUT2D eigenvalue weighted by Crippen LogP contribution is -2.40. The molecule has 2 aromatic rings. The van der Waals surface area contributed by atoms with E-state index in [4.69, 9.17) is 27.9 Å². The third kappa shape index (κ3) is 3.02. The second kappa shape index (κ2) is 7.19. The number of halogens is 2. The molecule has 32 heavy (non-hydrogen) atoms. The van der Waals surface area contributed by atoms with Crippen molar-refractivity contribution in [1.82, 2.24) is 0 Å². The van der Waals surface area contributed by atoms with E-state index in [-0.39, 0.29) is 47.9 Å². The summed E-state index contributed by atoms with van der Waals surface area (Å²) in [6.07, 6.45) is 5.47. The lowest BCUT2D eigenvalue weighted by Gasteiger charge is -2.37. The molecule has 0 radical (unpaired) electrons. The minimum absolute atomic E-state index is 0.0913. The highest BCUT2D eigenvalue weighted by atomic mass is 35.5. The van der Waals surface area contributed by atoms with E-state index in [0.717, 1.165) is 6.42 Å². The summed E-state index contributed by atoms with van der Waals surface area (Å²) in [7, 11) is 0. The van der Waals surface area contributed by atoms with Gasteiger partial charge in [0.15, 0.2) is 12.4 Å². The molecular formula is C25H19Cl2NO4. The number of carbonyl (C=O) groups excluding carboxylic acids is 3.